The van der Waals surface area contributed by atoms with Crippen LogP contribution in [0.4, 0.5) is 18.9 Å². The summed E-state index contributed by atoms with van der Waals surface area (Å²) < 4.78 is 42.7. The van der Waals surface area contributed by atoms with Crippen LogP contribution in [-0.2, 0) is 10.2 Å². The van der Waals surface area contributed by atoms with Crippen molar-refractivity contribution < 1.29 is 22.7 Å². The van der Waals surface area contributed by atoms with Crippen LogP contribution in [0, 0.1) is 0 Å². The van der Waals surface area contributed by atoms with Gasteiger partial charge in [-0.2, -0.15) is 0 Å². The molecule has 1 fully saturated rings. The molecule has 4 aromatic rings. The van der Waals surface area contributed by atoms with Crippen molar-refractivity contribution in [3.8, 4) is 22.8 Å². The molecule has 1 aromatic heterocycles. The van der Waals surface area contributed by atoms with Gasteiger partial charge in [0.15, 0.2) is 11.0 Å². The van der Waals surface area contributed by atoms with Gasteiger partial charge in [0, 0.05) is 12.1 Å². The van der Waals surface area contributed by atoms with Gasteiger partial charge in [0.2, 0.25) is 5.91 Å². The largest absolute Gasteiger partial charge is 0.573 e. The smallest absolute Gasteiger partial charge is 0.406 e. The molecule has 1 saturated heterocycles. The highest BCUT2D eigenvalue weighted by Crippen LogP contribution is 2.36. The number of carbonyl (C=O) groups excluding carboxylic acids is 1. The first-order valence-electron chi connectivity index (χ1n) is 14.1. The third-order valence-electron chi connectivity index (χ3n) is 7.06. The number of nitrogens with zero attached hydrogens (tertiary/aromatic N) is 5. The summed E-state index contributed by atoms with van der Waals surface area (Å²) in [6.07, 6.45) is -3.23. The zero-order chi connectivity index (χ0) is 31.5. The molecule has 0 saturated carbocycles. The molecule has 1 atom stereocenters. The molecule has 1 aliphatic heterocycles. The molecule has 1 unspecified atom stereocenters. The highest BCUT2D eigenvalue weighted by molar-refractivity contribution is 8.15. The third-order valence-corrected chi connectivity index (χ3v) is 8.02. The lowest BCUT2D eigenvalue weighted by Gasteiger charge is -2.27. The fourth-order valence-corrected chi connectivity index (χ4v) is 5.69. The number of thioether (sulfide) groups is 1. The van der Waals surface area contributed by atoms with Gasteiger partial charge < -0.3 is 4.74 Å². The molecule has 0 radical (unpaired) electrons. The number of nitrogens with one attached hydrogen (secondary N) is 1. The first-order valence-corrected chi connectivity index (χ1v) is 15.1. The summed E-state index contributed by atoms with van der Waals surface area (Å²) in [4.78, 5) is 23.6. The van der Waals surface area contributed by atoms with Crippen molar-refractivity contribution in [2.24, 2.45) is 4.99 Å². The van der Waals surface area contributed by atoms with Crippen molar-refractivity contribution in [1.29, 1.82) is 0 Å². The van der Waals surface area contributed by atoms with Crippen LogP contribution in [0.2, 0.25) is 0 Å². The van der Waals surface area contributed by atoms with Gasteiger partial charge in [-0.15, -0.1) is 18.3 Å². The average Bonchev–Trinajstić information content (AvgIpc) is 3.61. The predicted octanol–water partition coefficient (Wildman–Crippen LogP) is 6.92. The van der Waals surface area contributed by atoms with Crippen molar-refractivity contribution in [1.82, 2.24) is 20.1 Å². The second-order valence-corrected chi connectivity index (χ2v) is 12.4. The summed E-state index contributed by atoms with van der Waals surface area (Å²) in [5.41, 5.74) is 4.37. The van der Waals surface area contributed by atoms with Crippen LogP contribution in [0.1, 0.15) is 44.7 Å². The summed E-state index contributed by atoms with van der Waals surface area (Å²) in [7, 11) is 0. The standard InChI is InChI=1S/C32H33F3N6O2S/c1-21(17-36-19-37-30-41(28(42)18-44-30)27-8-6-5-7-26(27)31(2,3)4)22-9-11-23(12-10-22)29-38-20-40(39-29)24-13-15-25(16-14-24)43-32(33,34)35/h5-16,20-21,36H,17-19H2,1-4H3. The Morgan fingerprint density at radius 1 is 1.02 bits per heavy atom. The number of hydrogen-bond acceptors (Lipinski definition) is 7. The summed E-state index contributed by atoms with van der Waals surface area (Å²) >= 11 is 1.46. The molecule has 1 amide bonds. The number of ether oxygens (including phenoxy) is 1. The van der Waals surface area contributed by atoms with Gasteiger partial charge in [-0.05, 0) is 52.8 Å². The number of benzene rings is 3. The molecule has 230 valence electrons. The lowest BCUT2D eigenvalue weighted by atomic mass is 9.85. The fraction of sp³-hybridized carbons (Fsp3) is 0.312. The quantitative estimate of drug-likeness (QED) is 0.204. The maximum Gasteiger partial charge on any atom is 0.573 e. The van der Waals surface area contributed by atoms with E-state index < -0.39 is 6.36 Å². The number of alkyl halides is 3. The number of halogens is 3. The van der Waals surface area contributed by atoms with E-state index in [9.17, 15) is 18.0 Å². The van der Waals surface area contributed by atoms with E-state index in [0.29, 0.717) is 35.6 Å². The highest BCUT2D eigenvalue weighted by atomic mass is 32.2. The lowest BCUT2D eigenvalue weighted by Crippen LogP contribution is -2.32. The van der Waals surface area contributed by atoms with Gasteiger partial charge in [-0.1, -0.05) is 81.9 Å². The van der Waals surface area contributed by atoms with Crippen molar-refractivity contribution >= 4 is 28.5 Å². The van der Waals surface area contributed by atoms with Crippen LogP contribution in [-0.4, -0.2) is 51.2 Å². The van der Waals surface area contributed by atoms with Crippen molar-refractivity contribution in [3.05, 3.63) is 90.3 Å². The number of amides is 1. The minimum absolute atomic E-state index is 0.0340. The maximum absolute atomic E-state index is 12.8. The molecule has 12 heteroatoms. The molecule has 5 rings (SSSR count). The molecule has 3 aromatic carbocycles. The van der Waals surface area contributed by atoms with Gasteiger partial charge in [0.1, 0.15) is 12.1 Å². The Labute approximate surface area is 258 Å². The first kappa shape index (κ1) is 31.3. The molecule has 1 N–H and O–H groups in total. The maximum atomic E-state index is 12.8. The number of aliphatic imine (C=N–C) groups is 1. The van der Waals surface area contributed by atoms with E-state index in [4.69, 9.17) is 4.99 Å². The molecular weight excluding hydrogens is 589 g/mol. The van der Waals surface area contributed by atoms with Gasteiger partial charge in [-0.25, -0.2) is 14.7 Å². The Balaban J connectivity index is 1.17. The number of hydrogen-bond donors (Lipinski definition) is 1. The number of rotatable bonds is 9. The Morgan fingerprint density at radius 2 is 1.73 bits per heavy atom. The van der Waals surface area contributed by atoms with Crippen LogP contribution in [0.25, 0.3) is 17.1 Å². The van der Waals surface area contributed by atoms with Gasteiger partial charge in [0.25, 0.3) is 0 Å². The summed E-state index contributed by atoms with van der Waals surface area (Å²) in [6, 6.07) is 21.3. The molecule has 1 aliphatic rings. The van der Waals surface area contributed by atoms with Crippen LogP contribution >= 0.6 is 11.8 Å². The normalized spacial score (nSPS) is 15.7. The number of carbonyl (C=O) groups is 1. The van der Waals surface area contributed by atoms with E-state index in [0.717, 1.165) is 22.4 Å². The Kier molecular flexibility index (Phi) is 9.12. The van der Waals surface area contributed by atoms with Crippen molar-refractivity contribution in [3.63, 3.8) is 0 Å². The predicted molar refractivity (Wildman–Crippen MR) is 167 cm³/mol. The number of anilines is 1. The van der Waals surface area contributed by atoms with Gasteiger partial charge in [-0.3, -0.25) is 15.0 Å². The van der Waals surface area contributed by atoms with Crippen LogP contribution in [0.3, 0.4) is 0 Å². The van der Waals surface area contributed by atoms with Crippen molar-refractivity contribution in [2.45, 2.75) is 45.4 Å². The third kappa shape index (κ3) is 7.48. The van der Waals surface area contributed by atoms with Crippen LogP contribution in [0.15, 0.2) is 84.1 Å². The minimum Gasteiger partial charge on any atom is -0.406 e. The van der Waals surface area contributed by atoms with Crippen molar-refractivity contribution in [2.75, 3.05) is 23.9 Å². The monoisotopic (exact) mass is 622 g/mol. The molecule has 8 nitrogen and oxygen atoms in total. The number of para-hydroxylation sites is 1. The fourth-order valence-electron chi connectivity index (χ4n) is 4.82. The molecule has 0 spiro atoms. The minimum atomic E-state index is -4.74. The summed E-state index contributed by atoms with van der Waals surface area (Å²) in [6.45, 7) is 9.60. The van der Waals surface area contributed by atoms with Gasteiger partial charge >= 0.3 is 6.36 Å². The summed E-state index contributed by atoms with van der Waals surface area (Å²) in [5.74, 6) is 0.796. The number of amidine groups is 1. The molecule has 44 heavy (non-hydrogen) atoms. The Bertz CT molecular complexity index is 1630. The van der Waals surface area contributed by atoms with E-state index in [-0.39, 0.29) is 23.0 Å². The van der Waals surface area contributed by atoms with Crippen LogP contribution < -0.4 is 15.0 Å². The summed E-state index contributed by atoms with van der Waals surface area (Å²) in [5, 5.41) is 8.56. The second kappa shape index (κ2) is 12.8. The van der Waals surface area contributed by atoms with E-state index in [1.54, 1.807) is 4.90 Å². The van der Waals surface area contributed by atoms with Gasteiger partial charge in [0.05, 0.1) is 23.8 Å². The highest BCUT2D eigenvalue weighted by Gasteiger charge is 2.33. The molecular formula is C32H33F3N6O2S. The SMILES string of the molecule is CC(CNCN=C1SCC(=O)N1c1ccccc1C(C)(C)C)c1ccc(-c2ncn(-c3ccc(OC(F)(F)F)cc3)n2)cc1. The zero-order valence-electron chi connectivity index (χ0n) is 24.8. The molecule has 2 heterocycles. The van der Waals surface area contributed by atoms with Crippen LogP contribution in [0.5, 0.6) is 5.75 Å². The second-order valence-electron chi connectivity index (χ2n) is 11.4. The first-order chi connectivity index (χ1) is 20.9. The van der Waals surface area contributed by atoms with E-state index >= 15 is 0 Å². The van der Waals surface area contributed by atoms with E-state index in [2.05, 4.69) is 53.9 Å². The Morgan fingerprint density at radius 3 is 2.41 bits per heavy atom. The lowest BCUT2D eigenvalue weighted by molar-refractivity contribution is -0.274. The number of aromatic nitrogens is 3. The Hall–Kier alpha value is -4.16. The topological polar surface area (TPSA) is 84.6 Å². The molecule has 0 aliphatic carbocycles. The van der Waals surface area contributed by atoms with E-state index in [1.165, 1.54) is 47.0 Å². The molecule has 0 bridgehead atoms. The zero-order valence-corrected chi connectivity index (χ0v) is 25.6. The average molecular weight is 623 g/mol. The van der Waals surface area contributed by atoms with E-state index in [1.807, 2.05) is 42.5 Å².